The minimum atomic E-state index is -1.59. The van der Waals surface area contributed by atoms with Crippen LogP contribution in [0.3, 0.4) is 0 Å². The Morgan fingerprint density at radius 3 is 2.35 bits per heavy atom. The second-order valence-corrected chi connectivity index (χ2v) is 13.3. The number of hydrogen-bond acceptors (Lipinski definition) is 10. The zero-order valence-corrected chi connectivity index (χ0v) is 29.5. The molecular weight excluding hydrogens is 620 g/mol. The Kier molecular flexibility index (Phi) is 17.5. The number of aliphatic hydroxyl groups excluding tert-OH is 1. The number of carboxylic acid groups (broad SMARTS) is 1. The highest BCUT2D eigenvalue weighted by Gasteiger charge is 2.58. The monoisotopic (exact) mass is 676 g/mol. The van der Waals surface area contributed by atoms with Gasteiger partial charge in [0, 0.05) is 38.4 Å². The van der Waals surface area contributed by atoms with Crippen LogP contribution in [0.4, 0.5) is 0 Å². The van der Waals surface area contributed by atoms with Crippen molar-refractivity contribution in [2.24, 2.45) is 11.3 Å². The van der Waals surface area contributed by atoms with Gasteiger partial charge in [0.15, 0.2) is 5.79 Å². The number of carbonyl (C=O) groups excluding carboxylic acids is 3. The van der Waals surface area contributed by atoms with Gasteiger partial charge in [0.2, 0.25) is 0 Å². The second-order valence-electron chi connectivity index (χ2n) is 13.3. The van der Waals surface area contributed by atoms with Crippen LogP contribution in [0.15, 0.2) is 42.0 Å². The molecule has 48 heavy (non-hydrogen) atoms. The van der Waals surface area contributed by atoms with Gasteiger partial charge in [-0.05, 0) is 25.3 Å². The number of esters is 2. The summed E-state index contributed by atoms with van der Waals surface area (Å²) in [6, 6.07) is 9.60. The molecule has 0 unspecified atom stereocenters. The molecule has 0 amide bonds. The largest absolute Gasteiger partial charge is 0.481 e. The topological polar surface area (TPSA) is 155 Å². The summed E-state index contributed by atoms with van der Waals surface area (Å²) >= 11 is 0. The van der Waals surface area contributed by atoms with E-state index in [1.54, 1.807) is 20.8 Å². The van der Waals surface area contributed by atoms with Gasteiger partial charge in [0.05, 0.1) is 50.3 Å². The SMILES string of the molecule is CCCCCCCC(=O)C[C@H]1C(=CC(=O)OC)C[C@@H](C[C@@H](O)[C@@H](C)OCc2ccccc2)O[C@@]1(OC)C(C)(C)COC(=O)CCC(=O)O. The second kappa shape index (κ2) is 20.4. The van der Waals surface area contributed by atoms with Gasteiger partial charge in [-0.25, -0.2) is 4.79 Å². The lowest BCUT2D eigenvalue weighted by molar-refractivity contribution is -0.340. The van der Waals surface area contributed by atoms with E-state index in [4.69, 9.17) is 28.8 Å². The zero-order chi connectivity index (χ0) is 35.7. The first kappa shape index (κ1) is 41.1. The maximum atomic E-state index is 13.5. The quantitative estimate of drug-likeness (QED) is 0.0851. The third-order valence-corrected chi connectivity index (χ3v) is 8.99. The number of ketones is 1. The van der Waals surface area contributed by atoms with Crippen molar-refractivity contribution in [3.63, 3.8) is 0 Å². The van der Waals surface area contributed by atoms with Gasteiger partial charge in [-0.2, -0.15) is 0 Å². The van der Waals surface area contributed by atoms with Crippen molar-refractivity contribution in [1.82, 2.24) is 0 Å². The van der Waals surface area contributed by atoms with E-state index in [-0.39, 0.29) is 44.5 Å². The van der Waals surface area contributed by atoms with E-state index in [1.165, 1.54) is 20.3 Å². The van der Waals surface area contributed by atoms with E-state index in [0.29, 0.717) is 18.6 Å². The van der Waals surface area contributed by atoms with Crippen LogP contribution >= 0.6 is 0 Å². The van der Waals surface area contributed by atoms with Crippen molar-refractivity contribution in [2.75, 3.05) is 20.8 Å². The minimum Gasteiger partial charge on any atom is -0.481 e. The summed E-state index contributed by atoms with van der Waals surface area (Å²) in [6.45, 7) is 7.52. The Morgan fingerprint density at radius 2 is 1.73 bits per heavy atom. The Bertz CT molecular complexity index is 1190. The molecule has 1 saturated heterocycles. The van der Waals surface area contributed by atoms with Gasteiger partial charge in [-0.15, -0.1) is 0 Å². The number of unbranched alkanes of at least 4 members (excludes halogenated alkanes) is 4. The lowest BCUT2D eigenvalue weighted by Crippen LogP contribution is -2.61. The van der Waals surface area contributed by atoms with Crippen molar-refractivity contribution in [1.29, 1.82) is 0 Å². The molecule has 1 aliphatic rings. The van der Waals surface area contributed by atoms with Crippen LogP contribution in [0, 0.1) is 11.3 Å². The van der Waals surface area contributed by atoms with Crippen molar-refractivity contribution in [3.8, 4) is 0 Å². The van der Waals surface area contributed by atoms with Crippen molar-refractivity contribution >= 4 is 23.7 Å². The summed E-state index contributed by atoms with van der Waals surface area (Å²) in [7, 11) is 2.71. The van der Waals surface area contributed by atoms with Gasteiger partial charge in [-0.3, -0.25) is 14.4 Å². The Balaban J connectivity index is 2.41. The normalized spacial score (nSPS) is 21.8. The van der Waals surface area contributed by atoms with E-state index >= 15 is 0 Å². The van der Waals surface area contributed by atoms with Crippen LogP contribution in [-0.4, -0.2) is 78.8 Å². The molecule has 0 aliphatic carbocycles. The summed E-state index contributed by atoms with van der Waals surface area (Å²) in [6.07, 6.45) is 4.09. The summed E-state index contributed by atoms with van der Waals surface area (Å²) in [5.74, 6) is -4.79. The Hall–Kier alpha value is -3.12. The van der Waals surface area contributed by atoms with E-state index in [9.17, 15) is 24.3 Å². The van der Waals surface area contributed by atoms with Crippen molar-refractivity contribution in [2.45, 2.75) is 129 Å². The van der Waals surface area contributed by atoms with Crippen LogP contribution in [0.2, 0.25) is 0 Å². The summed E-state index contributed by atoms with van der Waals surface area (Å²) in [5.41, 5.74) is 0.417. The number of Topliss-reactive ketones (excluding diaryl/α,β-unsaturated/α-hetero) is 1. The molecule has 1 aromatic carbocycles. The van der Waals surface area contributed by atoms with E-state index < -0.39 is 53.3 Å². The van der Waals surface area contributed by atoms with Crippen LogP contribution < -0.4 is 0 Å². The molecule has 0 bridgehead atoms. The zero-order valence-electron chi connectivity index (χ0n) is 29.5. The maximum Gasteiger partial charge on any atom is 0.330 e. The molecule has 0 aromatic heterocycles. The van der Waals surface area contributed by atoms with E-state index in [1.807, 2.05) is 30.3 Å². The highest BCUT2D eigenvalue weighted by Crippen LogP contribution is 2.51. The van der Waals surface area contributed by atoms with Gasteiger partial charge in [0.25, 0.3) is 0 Å². The molecule has 0 saturated carbocycles. The Morgan fingerprint density at radius 1 is 1.04 bits per heavy atom. The number of benzene rings is 1. The number of carboxylic acids is 1. The molecular formula is C37H56O11. The van der Waals surface area contributed by atoms with Crippen LogP contribution in [0.25, 0.3) is 0 Å². The molecule has 1 fully saturated rings. The predicted octanol–water partition coefficient (Wildman–Crippen LogP) is 5.94. The lowest BCUT2D eigenvalue weighted by atomic mass is 9.68. The van der Waals surface area contributed by atoms with Gasteiger partial charge < -0.3 is 33.9 Å². The first-order chi connectivity index (χ1) is 22.8. The molecule has 2 rings (SSSR count). The first-order valence-corrected chi connectivity index (χ1v) is 17.0. The third-order valence-electron chi connectivity index (χ3n) is 8.99. The molecule has 1 aromatic rings. The summed E-state index contributed by atoms with van der Waals surface area (Å²) in [5, 5.41) is 20.2. The molecule has 270 valence electrons. The summed E-state index contributed by atoms with van der Waals surface area (Å²) < 4.78 is 29.4. The predicted molar refractivity (Wildman–Crippen MR) is 179 cm³/mol. The fourth-order valence-corrected chi connectivity index (χ4v) is 6.16. The highest BCUT2D eigenvalue weighted by molar-refractivity contribution is 5.84. The number of aliphatic hydroxyl groups is 1. The number of carbonyl (C=O) groups is 4. The molecule has 1 heterocycles. The van der Waals surface area contributed by atoms with Gasteiger partial charge in [-0.1, -0.05) is 82.4 Å². The third kappa shape index (κ3) is 12.7. The highest BCUT2D eigenvalue weighted by atomic mass is 16.7. The van der Waals surface area contributed by atoms with Crippen molar-refractivity contribution < 1.29 is 53.1 Å². The average molecular weight is 677 g/mol. The number of hydrogen-bond donors (Lipinski definition) is 2. The smallest absolute Gasteiger partial charge is 0.330 e. The molecule has 11 heteroatoms. The fraction of sp³-hybridized carbons (Fsp3) is 0.676. The lowest BCUT2D eigenvalue weighted by Gasteiger charge is -2.54. The number of rotatable bonds is 22. The number of aliphatic carboxylic acids is 1. The van der Waals surface area contributed by atoms with Gasteiger partial charge in [0.1, 0.15) is 12.4 Å². The number of ether oxygens (including phenoxy) is 5. The Labute approximate surface area is 285 Å². The standard InChI is InChI=1S/C37H56O11/c1-7-8-9-10-14-17-29(38)22-31-28(21-35(43)44-5)20-30(23-32(39)26(2)46-24-27-15-12-11-13-16-27)48-37(31,45-6)36(3,4)25-47-34(42)19-18-33(40)41/h11-13,15-16,21,26,30-32,39H,7-10,14,17-20,22-25H2,1-6H3,(H,40,41)/t26-,30+,31+,32-,37-/m1/s1. The molecule has 0 spiro atoms. The molecule has 11 nitrogen and oxygen atoms in total. The average Bonchev–Trinajstić information content (AvgIpc) is 3.06. The molecule has 2 N–H and O–H groups in total. The number of methoxy groups -OCH3 is 2. The van der Waals surface area contributed by atoms with Crippen LogP contribution in [0.5, 0.6) is 0 Å². The molecule has 5 atom stereocenters. The molecule has 1 aliphatic heterocycles. The van der Waals surface area contributed by atoms with Crippen LogP contribution in [0.1, 0.15) is 104 Å². The van der Waals surface area contributed by atoms with E-state index in [2.05, 4.69) is 6.92 Å². The van der Waals surface area contributed by atoms with Crippen molar-refractivity contribution in [3.05, 3.63) is 47.5 Å². The maximum absolute atomic E-state index is 13.5. The minimum absolute atomic E-state index is 0.00665. The van der Waals surface area contributed by atoms with Crippen LogP contribution in [-0.2, 0) is 49.5 Å². The van der Waals surface area contributed by atoms with E-state index in [0.717, 1.165) is 37.7 Å². The van der Waals surface area contributed by atoms with Gasteiger partial charge >= 0.3 is 17.9 Å². The first-order valence-electron chi connectivity index (χ1n) is 17.0. The summed E-state index contributed by atoms with van der Waals surface area (Å²) in [4.78, 5) is 49.6. The molecule has 0 radical (unpaired) electrons. The fourth-order valence-electron chi connectivity index (χ4n) is 6.16.